The van der Waals surface area contributed by atoms with E-state index in [2.05, 4.69) is 28.4 Å². The fraction of sp³-hybridized carbons (Fsp3) is 0.829. The number of allylic oxidation sites excluding steroid dienone is 1. The van der Waals surface area contributed by atoms with E-state index in [4.69, 9.17) is 4.74 Å². The van der Waals surface area contributed by atoms with Crippen LogP contribution in [0.3, 0.4) is 0 Å². The average Bonchev–Trinajstić information content (AvgIpc) is 3.34. The lowest BCUT2D eigenvalue weighted by Gasteiger charge is -2.31. The predicted molar refractivity (Wildman–Crippen MR) is 178 cm³/mol. The van der Waals surface area contributed by atoms with Gasteiger partial charge in [0, 0.05) is 24.5 Å². The highest BCUT2D eigenvalue weighted by Crippen LogP contribution is 2.45. The highest BCUT2D eigenvalue weighted by molar-refractivity contribution is 5.96. The zero-order chi connectivity index (χ0) is 33.8. The van der Waals surface area contributed by atoms with Gasteiger partial charge in [-0.05, 0) is 78.1 Å². The maximum absolute atomic E-state index is 14.4. The molecule has 12 heteroatoms. The maximum Gasteiger partial charge on any atom is 0.408 e. The van der Waals surface area contributed by atoms with Gasteiger partial charge in [-0.25, -0.2) is 20.4 Å². The summed E-state index contributed by atoms with van der Waals surface area (Å²) in [6.07, 6.45) is 17.0. The molecule has 3 aliphatic heterocycles. The summed E-state index contributed by atoms with van der Waals surface area (Å²) in [6, 6.07) is -1.43. The van der Waals surface area contributed by atoms with Crippen molar-refractivity contribution < 1.29 is 29.0 Å². The van der Waals surface area contributed by atoms with Crippen molar-refractivity contribution in [1.29, 1.82) is 0 Å². The Morgan fingerprint density at radius 1 is 1.06 bits per heavy atom. The van der Waals surface area contributed by atoms with Crippen LogP contribution in [-0.2, 0) is 19.1 Å². The molecule has 2 saturated heterocycles. The fourth-order valence-electron chi connectivity index (χ4n) is 8.07. The Morgan fingerprint density at radius 3 is 2.49 bits per heavy atom. The second-order valence-electron chi connectivity index (χ2n) is 15.5. The van der Waals surface area contributed by atoms with Crippen molar-refractivity contribution in [3.05, 3.63) is 12.2 Å². The summed E-state index contributed by atoms with van der Waals surface area (Å²) in [5.74, 6) is -1.57. The molecule has 264 valence electrons. The van der Waals surface area contributed by atoms with E-state index in [1.54, 1.807) is 25.7 Å². The molecular weight excluding hydrogens is 600 g/mol. The number of hydrazine groups is 2. The molecule has 0 aromatic rings. The molecule has 0 radical (unpaired) electrons. The monoisotopic (exact) mass is 658 g/mol. The summed E-state index contributed by atoms with van der Waals surface area (Å²) < 4.78 is 5.52. The van der Waals surface area contributed by atoms with Crippen molar-refractivity contribution in [2.24, 2.45) is 11.8 Å². The van der Waals surface area contributed by atoms with Crippen LogP contribution < -0.4 is 21.5 Å². The first-order chi connectivity index (χ1) is 22.4. The van der Waals surface area contributed by atoms with Crippen LogP contribution in [-0.4, -0.2) is 86.9 Å². The van der Waals surface area contributed by atoms with Gasteiger partial charge in [0.1, 0.15) is 23.2 Å². The molecule has 5 rings (SSSR count). The molecule has 0 spiro atoms. The molecular formula is C35H58N6O6. The van der Waals surface area contributed by atoms with Crippen LogP contribution >= 0.6 is 0 Å². The number of carboxylic acid groups (broad SMARTS) is 1. The minimum Gasteiger partial charge on any atom is -0.479 e. The van der Waals surface area contributed by atoms with Crippen molar-refractivity contribution in [1.82, 2.24) is 31.5 Å². The van der Waals surface area contributed by atoms with Gasteiger partial charge in [0.05, 0.1) is 6.04 Å². The summed E-state index contributed by atoms with van der Waals surface area (Å²) in [5.41, 5.74) is 5.40. The third-order valence-corrected chi connectivity index (χ3v) is 10.7. The second-order valence-corrected chi connectivity index (χ2v) is 15.5. The third-order valence-electron chi connectivity index (χ3n) is 10.7. The summed E-state index contributed by atoms with van der Waals surface area (Å²) in [6.45, 7) is 7.80. The molecule has 2 aliphatic carbocycles. The number of amides is 3. The first-order valence-corrected chi connectivity index (χ1v) is 18.3. The lowest BCUT2D eigenvalue weighted by molar-refractivity contribution is -0.145. The van der Waals surface area contributed by atoms with Gasteiger partial charge in [0.2, 0.25) is 11.8 Å². The van der Waals surface area contributed by atoms with Crippen molar-refractivity contribution in [2.75, 3.05) is 6.54 Å². The van der Waals surface area contributed by atoms with Crippen LogP contribution in [0.15, 0.2) is 12.2 Å². The van der Waals surface area contributed by atoms with E-state index in [1.165, 1.54) is 32.1 Å². The van der Waals surface area contributed by atoms with Gasteiger partial charge in [-0.1, -0.05) is 64.0 Å². The van der Waals surface area contributed by atoms with Crippen LogP contribution in [0.25, 0.3) is 0 Å². The predicted octanol–water partition coefficient (Wildman–Crippen LogP) is 4.16. The molecule has 12 nitrogen and oxygen atoms in total. The number of carboxylic acids is 1. The molecule has 2 saturated carbocycles. The number of nitrogens with zero attached hydrogens (tertiary/aromatic N) is 2. The SMILES string of the molecule is CCCCC1NN([C@H]2C[C@H]3C(=O)N[C@]4(C(=O)O)C[C@H]4/C=C\CCCCC[C@H](NC(=O)OC(C)(C)C)C(=O)N3C2)NC1C1CCCCC1. The van der Waals surface area contributed by atoms with Gasteiger partial charge < -0.3 is 25.4 Å². The molecule has 0 aromatic heterocycles. The van der Waals surface area contributed by atoms with Crippen LogP contribution in [0.2, 0.25) is 0 Å². The lowest BCUT2D eigenvalue weighted by atomic mass is 9.80. The van der Waals surface area contributed by atoms with Gasteiger partial charge in [0.15, 0.2) is 0 Å². The molecule has 5 N–H and O–H groups in total. The Labute approximate surface area is 280 Å². The maximum atomic E-state index is 14.4. The summed E-state index contributed by atoms with van der Waals surface area (Å²) in [5, 5.41) is 17.9. The van der Waals surface area contributed by atoms with Gasteiger partial charge in [-0.2, -0.15) is 5.12 Å². The normalized spacial score (nSPS) is 35.2. The molecule has 7 atom stereocenters. The van der Waals surface area contributed by atoms with Crippen LogP contribution in [0.1, 0.15) is 124 Å². The Hall–Kier alpha value is -2.70. The highest BCUT2D eigenvalue weighted by atomic mass is 16.6. The van der Waals surface area contributed by atoms with Gasteiger partial charge in [0.25, 0.3) is 0 Å². The molecule has 3 amide bonds. The molecule has 3 heterocycles. The second kappa shape index (κ2) is 15.2. The van der Waals surface area contributed by atoms with E-state index < -0.39 is 41.2 Å². The summed E-state index contributed by atoms with van der Waals surface area (Å²) >= 11 is 0. The van der Waals surface area contributed by atoms with E-state index in [1.807, 2.05) is 17.3 Å². The van der Waals surface area contributed by atoms with Crippen molar-refractivity contribution in [3.8, 4) is 0 Å². The van der Waals surface area contributed by atoms with Crippen molar-refractivity contribution in [2.45, 2.75) is 165 Å². The highest BCUT2D eigenvalue weighted by Gasteiger charge is 2.61. The number of fused-ring (bicyclic) bond motifs is 2. The zero-order valence-electron chi connectivity index (χ0n) is 28.9. The number of carbonyl (C=O) groups excluding carboxylic acids is 3. The topological polar surface area (TPSA) is 152 Å². The van der Waals surface area contributed by atoms with E-state index in [0.29, 0.717) is 31.6 Å². The van der Waals surface area contributed by atoms with Gasteiger partial charge >= 0.3 is 12.1 Å². The summed E-state index contributed by atoms with van der Waals surface area (Å²) in [4.78, 5) is 55.4. The third kappa shape index (κ3) is 8.67. The molecule has 0 aromatic carbocycles. The minimum absolute atomic E-state index is 0.218. The Morgan fingerprint density at radius 2 is 1.79 bits per heavy atom. The van der Waals surface area contributed by atoms with Crippen LogP contribution in [0.5, 0.6) is 0 Å². The largest absolute Gasteiger partial charge is 0.479 e. The summed E-state index contributed by atoms with van der Waals surface area (Å²) in [7, 11) is 0. The molecule has 4 fully saturated rings. The zero-order valence-corrected chi connectivity index (χ0v) is 28.9. The van der Waals surface area contributed by atoms with Crippen LogP contribution in [0.4, 0.5) is 4.79 Å². The molecule has 5 aliphatic rings. The molecule has 0 bridgehead atoms. The number of hydrogen-bond acceptors (Lipinski definition) is 8. The van der Waals surface area contributed by atoms with E-state index in [9.17, 15) is 24.3 Å². The smallest absolute Gasteiger partial charge is 0.408 e. The minimum atomic E-state index is -1.36. The van der Waals surface area contributed by atoms with E-state index in [0.717, 1.165) is 38.5 Å². The number of unbranched alkanes of at least 4 members (excludes halogenated alkanes) is 1. The van der Waals surface area contributed by atoms with Crippen molar-refractivity contribution in [3.63, 3.8) is 0 Å². The average molecular weight is 659 g/mol. The number of rotatable bonds is 7. The number of alkyl carbamates (subject to hydrolysis) is 1. The first-order valence-electron chi connectivity index (χ1n) is 18.3. The van der Waals surface area contributed by atoms with E-state index >= 15 is 0 Å². The number of nitrogens with one attached hydrogen (secondary N) is 4. The Kier molecular flexibility index (Phi) is 11.5. The van der Waals surface area contributed by atoms with Crippen molar-refractivity contribution >= 4 is 23.9 Å². The van der Waals surface area contributed by atoms with Gasteiger partial charge in [-0.3, -0.25) is 9.59 Å². The van der Waals surface area contributed by atoms with Crippen LogP contribution in [0, 0.1) is 11.8 Å². The number of hydrogen-bond donors (Lipinski definition) is 5. The quantitative estimate of drug-likeness (QED) is 0.254. The van der Waals surface area contributed by atoms with E-state index in [-0.39, 0.29) is 36.5 Å². The lowest BCUT2D eigenvalue weighted by Crippen LogP contribution is -2.56. The molecule has 2 unspecified atom stereocenters. The standard InChI is InChI=1S/C35H58N6O6/c1-5-6-18-26-29(23-15-11-10-12-16-23)39-41(38-26)25-20-28-30(42)37-35(32(44)45)21-24(35)17-13-8-7-9-14-19-27(31(43)40(28)22-25)36-33(46)47-34(2,3)4/h13,17,23-29,38-39H,5-12,14-16,18-22H2,1-4H3,(H,36,46)(H,37,42)(H,44,45)/b17-13-/t24-,25+,26?,27+,28+,29?,35-/m1/s1. The number of carbonyl (C=O) groups is 4. The first kappa shape index (κ1) is 35.6. The Balaban J connectivity index is 1.40. The van der Waals surface area contributed by atoms with Gasteiger partial charge in [-0.15, -0.1) is 0 Å². The Bertz CT molecular complexity index is 1170. The fourth-order valence-corrected chi connectivity index (χ4v) is 8.07. The number of ether oxygens (including phenoxy) is 1. The number of aliphatic carboxylic acids is 1. The molecule has 47 heavy (non-hydrogen) atoms.